The van der Waals surface area contributed by atoms with Gasteiger partial charge in [0, 0.05) is 25.2 Å². The molecule has 0 aromatic rings. The van der Waals surface area contributed by atoms with Gasteiger partial charge < -0.3 is 4.74 Å². The van der Waals surface area contributed by atoms with Crippen LogP contribution >= 0.6 is 0 Å². The number of hydrogen-bond donors (Lipinski definition) is 2. The van der Waals surface area contributed by atoms with Crippen LogP contribution in [0.2, 0.25) is 0 Å². The maximum Gasteiger partial charge on any atom is 0.0868 e. The minimum Gasteiger partial charge on any atom is -0.374 e. The van der Waals surface area contributed by atoms with E-state index in [9.17, 15) is 0 Å². The van der Waals surface area contributed by atoms with Crippen LogP contribution in [0.5, 0.6) is 0 Å². The second-order valence-corrected chi connectivity index (χ2v) is 5.40. The average Bonchev–Trinajstić information content (AvgIpc) is 2.25. The number of nitrogens with two attached hydrogens (primary N) is 1. The molecule has 1 rings (SSSR count). The minimum atomic E-state index is 0.226. The van der Waals surface area contributed by atoms with E-state index in [1.807, 2.05) is 0 Å². The molecule has 0 aromatic carbocycles. The highest BCUT2D eigenvalue weighted by Crippen LogP contribution is 2.16. The van der Waals surface area contributed by atoms with Gasteiger partial charge in [0.15, 0.2) is 0 Å². The first-order valence-electron chi connectivity index (χ1n) is 6.36. The summed E-state index contributed by atoms with van der Waals surface area (Å²) in [6.07, 6.45) is 1.29. The predicted octanol–water partition coefficient (Wildman–Crippen LogP) is 0.974. The summed E-state index contributed by atoms with van der Waals surface area (Å²) in [6, 6.07) is 0.852. The van der Waals surface area contributed by atoms with Gasteiger partial charge in [0.25, 0.3) is 0 Å². The summed E-state index contributed by atoms with van der Waals surface area (Å²) >= 11 is 0. The molecule has 96 valence electrons. The van der Waals surface area contributed by atoms with Crippen molar-refractivity contribution in [3.8, 4) is 0 Å². The topological polar surface area (TPSA) is 50.5 Å². The lowest BCUT2D eigenvalue weighted by Crippen LogP contribution is -2.55. The molecule has 2 unspecified atom stereocenters. The van der Waals surface area contributed by atoms with E-state index in [0.29, 0.717) is 12.0 Å². The van der Waals surface area contributed by atoms with Crippen molar-refractivity contribution >= 4 is 0 Å². The van der Waals surface area contributed by atoms with Crippen molar-refractivity contribution in [2.75, 3.05) is 19.7 Å². The molecule has 0 aromatic heterocycles. The molecule has 1 aliphatic heterocycles. The van der Waals surface area contributed by atoms with Crippen molar-refractivity contribution in [3.05, 3.63) is 0 Å². The largest absolute Gasteiger partial charge is 0.374 e. The van der Waals surface area contributed by atoms with E-state index in [-0.39, 0.29) is 12.1 Å². The van der Waals surface area contributed by atoms with Crippen LogP contribution in [0.4, 0.5) is 0 Å². The van der Waals surface area contributed by atoms with Crippen LogP contribution in [0.3, 0.4) is 0 Å². The van der Waals surface area contributed by atoms with Gasteiger partial charge >= 0.3 is 0 Å². The molecule has 0 bridgehead atoms. The maximum atomic E-state index is 5.83. The summed E-state index contributed by atoms with van der Waals surface area (Å²) in [4.78, 5) is 2.46. The Kier molecular flexibility index (Phi) is 5.69. The van der Waals surface area contributed by atoms with Crippen LogP contribution in [0.25, 0.3) is 0 Å². The van der Waals surface area contributed by atoms with Crippen molar-refractivity contribution in [1.29, 1.82) is 0 Å². The molecule has 2 atom stereocenters. The summed E-state index contributed by atoms with van der Waals surface area (Å²) < 4.78 is 5.83. The molecular weight excluding hydrogens is 202 g/mol. The van der Waals surface area contributed by atoms with E-state index in [2.05, 4.69) is 38.0 Å². The predicted molar refractivity (Wildman–Crippen MR) is 67.0 cm³/mol. The fourth-order valence-corrected chi connectivity index (χ4v) is 2.24. The lowest BCUT2D eigenvalue weighted by Gasteiger charge is -2.39. The highest BCUT2D eigenvalue weighted by atomic mass is 16.5. The van der Waals surface area contributed by atoms with Gasteiger partial charge in [0.1, 0.15) is 0 Å². The van der Waals surface area contributed by atoms with Gasteiger partial charge in [-0.3, -0.25) is 16.2 Å². The number of rotatable bonds is 5. The molecule has 0 amide bonds. The molecule has 4 nitrogen and oxygen atoms in total. The maximum absolute atomic E-state index is 5.83. The first-order valence-corrected chi connectivity index (χ1v) is 6.36. The lowest BCUT2D eigenvalue weighted by molar-refractivity contribution is -0.0581. The van der Waals surface area contributed by atoms with E-state index < -0.39 is 0 Å². The molecule has 0 aliphatic carbocycles. The molecule has 0 saturated carbocycles. The Balaban J connectivity index is 2.50. The Morgan fingerprint density at radius 3 is 2.56 bits per heavy atom. The number of ether oxygens (including phenoxy) is 1. The smallest absolute Gasteiger partial charge is 0.0868 e. The fourth-order valence-electron chi connectivity index (χ4n) is 2.24. The zero-order valence-corrected chi connectivity index (χ0v) is 11.1. The normalized spacial score (nSPS) is 25.3. The zero-order chi connectivity index (χ0) is 12.1. The third kappa shape index (κ3) is 4.01. The zero-order valence-electron chi connectivity index (χ0n) is 11.1. The van der Waals surface area contributed by atoms with Crippen LogP contribution in [-0.4, -0.2) is 42.8 Å². The number of nitrogens with zero attached hydrogens (tertiary/aromatic N) is 1. The van der Waals surface area contributed by atoms with Crippen LogP contribution < -0.4 is 11.3 Å². The summed E-state index contributed by atoms with van der Waals surface area (Å²) in [6.45, 7) is 11.7. The van der Waals surface area contributed by atoms with Crippen LogP contribution in [0, 0.1) is 5.92 Å². The summed E-state index contributed by atoms with van der Waals surface area (Å²) in [5, 5.41) is 0. The SMILES string of the molecule is CC(C)CC(NN)C1CN(C(C)C)CCO1. The van der Waals surface area contributed by atoms with E-state index in [1.54, 1.807) is 0 Å². The molecule has 16 heavy (non-hydrogen) atoms. The molecule has 1 aliphatic rings. The summed E-state index contributed by atoms with van der Waals surface area (Å²) in [5.41, 5.74) is 2.91. The summed E-state index contributed by atoms with van der Waals surface area (Å²) in [7, 11) is 0. The molecule has 1 heterocycles. The highest BCUT2D eigenvalue weighted by molar-refractivity contribution is 4.83. The first kappa shape index (κ1) is 13.9. The van der Waals surface area contributed by atoms with Gasteiger partial charge in [-0.25, -0.2) is 0 Å². The van der Waals surface area contributed by atoms with Crippen molar-refractivity contribution in [3.63, 3.8) is 0 Å². The third-order valence-corrected chi connectivity index (χ3v) is 3.24. The lowest BCUT2D eigenvalue weighted by atomic mass is 9.98. The van der Waals surface area contributed by atoms with Gasteiger partial charge in [-0.2, -0.15) is 0 Å². The molecule has 1 saturated heterocycles. The van der Waals surface area contributed by atoms with E-state index >= 15 is 0 Å². The van der Waals surface area contributed by atoms with E-state index in [4.69, 9.17) is 10.6 Å². The molecule has 0 spiro atoms. The average molecular weight is 229 g/mol. The fraction of sp³-hybridized carbons (Fsp3) is 1.00. The van der Waals surface area contributed by atoms with Gasteiger partial charge in [0.2, 0.25) is 0 Å². The standard InChI is InChI=1S/C12H27N3O/c1-9(2)7-11(14-13)12-8-15(10(3)4)5-6-16-12/h9-12,14H,5-8,13H2,1-4H3. The number of hydrogen-bond acceptors (Lipinski definition) is 4. The van der Waals surface area contributed by atoms with Crippen LogP contribution in [0.15, 0.2) is 0 Å². The molecular formula is C12H27N3O. The molecule has 0 radical (unpaired) electrons. The molecule has 3 N–H and O–H groups in total. The van der Waals surface area contributed by atoms with Gasteiger partial charge in [0.05, 0.1) is 12.7 Å². The number of morpholine rings is 1. The Bertz CT molecular complexity index is 197. The van der Waals surface area contributed by atoms with E-state index in [1.165, 1.54) is 0 Å². The van der Waals surface area contributed by atoms with Gasteiger partial charge in [-0.1, -0.05) is 13.8 Å². The third-order valence-electron chi connectivity index (χ3n) is 3.24. The summed E-state index contributed by atoms with van der Waals surface area (Å²) in [5.74, 6) is 6.26. The highest BCUT2D eigenvalue weighted by Gasteiger charge is 2.28. The Hall–Kier alpha value is -0.160. The van der Waals surface area contributed by atoms with Crippen molar-refractivity contribution < 1.29 is 4.74 Å². The quantitative estimate of drug-likeness (QED) is 0.545. The molecule has 1 fully saturated rings. The second-order valence-electron chi connectivity index (χ2n) is 5.40. The Labute approximate surface area is 99.5 Å². The van der Waals surface area contributed by atoms with Crippen LogP contribution in [0.1, 0.15) is 34.1 Å². The van der Waals surface area contributed by atoms with Gasteiger partial charge in [-0.05, 0) is 26.2 Å². The second kappa shape index (κ2) is 6.55. The number of nitrogens with one attached hydrogen (secondary N) is 1. The van der Waals surface area contributed by atoms with Crippen molar-refractivity contribution in [2.45, 2.75) is 52.3 Å². The first-order chi connectivity index (χ1) is 7.54. The van der Waals surface area contributed by atoms with Gasteiger partial charge in [-0.15, -0.1) is 0 Å². The molecule has 4 heteroatoms. The van der Waals surface area contributed by atoms with Crippen molar-refractivity contribution in [1.82, 2.24) is 10.3 Å². The minimum absolute atomic E-state index is 0.226. The Morgan fingerprint density at radius 1 is 1.38 bits per heavy atom. The Morgan fingerprint density at radius 2 is 2.06 bits per heavy atom. The van der Waals surface area contributed by atoms with Crippen molar-refractivity contribution in [2.24, 2.45) is 11.8 Å². The van der Waals surface area contributed by atoms with E-state index in [0.717, 1.165) is 26.1 Å². The monoisotopic (exact) mass is 229 g/mol. The van der Waals surface area contributed by atoms with Crippen LogP contribution in [-0.2, 0) is 4.74 Å². The number of hydrazine groups is 1.